The fraction of sp³-hybridized carbons (Fsp3) is 0.0488. The van der Waals surface area contributed by atoms with Crippen molar-refractivity contribution < 1.29 is 24.3 Å². The Kier molecular flexibility index (Phi) is 19.1. The molecular formula is C41H37N9OS2Zn. The van der Waals surface area contributed by atoms with Crippen LogP contribution in [0.4, 0.5) is 11.4 Å². The molecule has 13 heteroatoms. The molecule has 54 heavy (non-hydrogen) atoms. The number of nitrogens with one attached hydrogen (secondary N) is 2. The summed E-state index contributed by atoms with van der Waals surface area (Å²) in [6.07, 6.45) is 4.22. The minimum atomic E-state index is 0. The molecular weight excluding hydrogens is 764 g/mol. The Bertz CT molecular complexity index is 1840. The number of benzene rings is 4. The number of rotatable bonds is 9. The Labute approximate surface area is 339 Å². The molecule has 2 heterocycles. The number of hydrogen-bond donors (Lipinski definition) is 2. The van der Waals surface area contributed by atoms with Crippen LogP contribution in [0.2, 0.25) is 0 Å². The standard InChI is InChI=1S/2C19H16N4S.C3H7NO.Zn/c2*24-19(21-16-11-5-2-6-12-16)23-22-18(15-9-3-1-4-10-15)17-13-7-8-14-20-17;1-4(2)3-5;/h2*1-14H,(H2,21,23,24);3H,1-2H3;/q;;;+2/p-2/b2*22-18+;;. The third kappa shape index (κ3) is 15.3. The van der Waals surface area contributed by atoms with E-state index in [0.717, 1.165) is 40.3 Å². The van der Waals surface area contributed by atoms with E-state index in [-0.39, 0.29) is 19.5 Å². The molecule has 6 rings (SSSR count). The molecule has 4 aromatic carbocycles. The summed E-state index contributed by atoms with van der Waals surface area (Å²) in [6.45, 7) is 0. The fourth-order valence-electron chi connectivity index (χ4n) is 4.23. The fourth-order valence-corrected chi connectivity index (χ4v) is 4.54. The first-order valence-electron chi connectivity index (χ1n) is 16.3. The maximum Gasteiger partial charge on any atom is 2.00 e. The van der Waals surface area contributed by atoms with Gasteiger partial charge in [-0.3, -0.25) is 35.6 Å². The van der Waals surface area contributed by atoms with Gasteiger partial charge in [-0.1, -0.05) is 109 Å². The van der Waals surface area contributed by atoms with Crippen molar-refractivity contribution in [2.24, 2.45) is 20.2 Å². The number of aromatic nitrogens is 2. The van der Waals surface area contributed by atoms with Gasteiger partial charge in [0.25, 0.3) is 0 Å². The molecule has 1 amide bonds. The van der Waals surface area contributed by atoms with Crippen LogP contribution in [0.3, 0.4) is 0 Å². The number of amidine groups is 2. The van der Waals surface area contributed by atoms with E-state index in [9.17, 15) is 4.79 Å². The van der Waals surface area contributed by atoms with Crippen molar-refractivity contribution in [3.63, 3.8) is 0 Å². The molecule has 0 fully saturated rings. The molecule has 6 aromatic rings. The molecule has 0 saturated heterocycles. The zero-order valence-corrected chi connectivity index (χ0v) is 34.4. The van der Waals surface area contributed by atoms with Crippen molar-refractivity contribution in [2.45, 2.75) is 0 Å². The number of aliphatic imine (C=N–C) groups is 2. The molecule has 266 valence electrons. The Hall–Kier alpha value is -6.01. The van der Waals surface area contributed by atoms with Crippen LogP contribution in [0.15, 0.2) is 190 Å². The molecule has 0 bridgehead atoms. The van der Waals surface area contributed by atoms with Gasteiger partial charge in [0.15, 0.2) is 0 Å². The Morgan fingerprint density at radius 1 is 0.537 bits per heavy atom. The molecule has 0 spiro atoms. The summed E-state index contributed by atoms with van der Waals surface area (Å²) < 4.78 is 0. The number of pyridine rings is 2. The minimum absolute atomic E-state index is 0. The predicted octanol–water partition coefficient (Wildman–Crippen LogP) is 7.02. The first-order chi connectivity index (χ1) is 25.9. The zero-order valence-electron chi connectivity index (χ0n) is 29.8. The molecule has 2 aromatic heterocycles. The van der Waals surface area contributed by atoms with Crippen LogP contribution in [-0.2, 0) is 49.5 Å². The molecule has 2 N–H and O–H groups in total. The van der Waals surface area contributed by atoms with E-state index in [1.54, 1.807) is 26.5 Å². The van der Waals surface area contributed by atoms with E-state index < -0.39 is 0 Å². The van der Waals surface area contributed by atoms with Crippen molar-refractivity contribution in [2.75, 3.05) is 14.1 Å². The number of para-hydroxylation sites is 2. The average Bonchev–Trinajstić information content (AvgIpc) is 3.21. The van der Waals surface area contributed by atoms with Crippen LogP contribution in [0.1, 0.15) is 22.5 Å². The normalized spacial score (nSPS) is 11.3. The monoisotopic (exact) mass is 799 g/mol. The molecule has 0 aliphatic rings. The van der Waals surface area contributed by atoms with E-state index in [1.807, 2.05) is 158 Å². The quantitative estimate of drug-likeness (QED) is 0.0403. The van der Waals surface area contributed by atoms with Crippen molar-refractivity contribution in [1.82, 2.24) is 25.7 Å². The van der Waals surface area contributed by atoms with E-state index >= 15 is 0 Å². The number of carbonyl (C=O) groups excluding carboxylic acids is 1. The second-order valence-corrected chi connectivity index (χ2v) is 11.7. The summed E-state index contributed by atoms with van der Waals surface area (Å²) in [5.74, 6) is 0. The molecule has 0 atom stereocenters. The van der Waals surface area contributed by atoms with E-state index in [1.165, 1.54) is 4.90 Å². The van der Waals surface area contributed by atoms with Crippen molar-refractivity contribution in [3.8, 4) is 0 Å². The van der Waals surface area contributed by atoms with Crippen LogP contribution in [0.5, 0.6) is 0 Å². The second-order valence-electron chi connectivity index (χ2n) is 10.9. The van der Waals surface area contributed by atoms with Crippen LogP contribution in [0.25, 0.3) is 0 Å². The number of nitrogens with zero attached hydrogens (tertiary/aromatic N) is 7. The number of carbonyl (C=O) groups is 1. The molecule has 0 saturated carbocycles. The Morgan fingerprint density at radius 2 is 0.852 bits per heavy atom. The van der Waals surface area contributed by atoms with E-state index in [0.29, 0.717) is 21.8 Å². The van der Waals surface area contributed by atoms with Gasteiger partial charge in [0.05, 0.1) is 22.8 Å². The van der Waals surface area contributed by atoms with Gasteiger partial charge in [-0.25, -0.2) is 0 Å². The smallest absolute Gasteiger partial charge is 0.741 e. The number of hydrogen-bond acceptors (Lipinski definition) is 9. The van der Waals surface area contributed by atoms with Gasteiger partial charge in [0.2, 0.25) is 6.41 Å². The Balaban J connectivity index is 0.000000254. The summed E-state index contributed by atoms with van der Waals surface area (Å²) in [5.41, 5.74) is 12.1. The predicted molar refractivity (Wildman–Crippen MR) is 220 cm³/mol. The zero-order chi connectivity index (χ0) is 37.5. The molecule has 10 nitrogen and oxygen atoms in total. The van der Waals surface area contributed by atoms with Crippen LogP contribution < -0.4 is 10.9 Å². The summed E-state index contributed by atoms with van der Waals surface area (Å²) in [7, 11) is 3.38. The summed E-state index contributed by atoms with van der Waals surface area (Å²) in [5, 5.41) is 9.45. The first-order valence-corrected chi connectivity index (χ1v) is 17.1. The van der Waals surface area contributed by atoms with Gasteiger partial charge < -0.3 is 30.2 Å². The summed E-state index contributed by atoms with van der Waals surface area (Å²) in [6, 6.07) is 50.1. The molecule has 0 aliphatic heterocycles. The van der Waals surface area contributed by atoms with Crippen molar-refractivity contribution in [3.05, 3.63) is 193 Å². The third-order valence-electron chi connectivity index (χ3n) is 6.62. The van der Waals surface area contributed by atoms with Crippen molar-refractivity contribution in [1.29, 1.82) is 0 Å². The SMILES string of the molecule is CN(C)C=O.[S-]C(=Nc1ccccc1)N/N=C(\c1ccccc1)c1ccccn1.[S-]C(=Nc1ccccc1)N/N=C(\c1ccccc1)c1ccccn1.[Zn+2]. The Morgan fingerprint density at radius 3 is 1.15 bits per heavy atom. The van der Waals surface area contributed by atoms with Gasteiger partial charge >= 0.3 is 19.5 Å². The number of hydrazone groups is 2. The van der Waals surface area contributed by atoms with Gasteiger partial charge in [-0.05, 0) is 48.5 Å². The van der Waals surface area contributed by atoms with Gasteiger partial charge in [-0.15, -0.1) is 0 Å². The average molecular weight is 801 g/mol. The minimum Gasteiger partial charge on any atom is -0.741 e. The van der Waals surface area contributed by atoms with E-state index in [4.69, 9.17) is 25.3 Å². The van der Waals surface area contributed by atoms with Gasteiger partial charge in [0.1, 0.15) is 11.4 Å². The number of amides is 1. The largest absolute Gasteiger partial charge is 2.00 e. The molecule has 0 aliphatic carbocycles. The summed E-state index contributed by atoms with van der Waals surface area (Å²) >= 11 is 10.5. The van der Waals surface area contributed by atoms with Gasteiger partial charge in [0, 0.05) is 48.0 Å². The first kappa shape index (κ1) is 42.4. The van der Waals surface area contributed by atoms with Gasteiger partial charge in [-0.2, -0.15) is 10.2 Å². The maximum atomic E-state index is 9.43. The van der Waals surface area contributed by atoms with Crippen LogP contribution >= 0.6 is 0 Å². The second kappa shape index (κ2) is 24.3. The van der Waals surface area contributed by atoms with Crippen molar-refractivity contribution >= 4 is 64.8 Å². The van der Waals surface area contributed by atoms with Crippen LogP contribution in [-0.4, -0.2) is 57.1 Å². The molecule has 0 radical (unpaired) electrons. The topological polar surface area (TPSA) is 120 Å². The van der Waals surface area contributed by atoms with Crippen LogP contribution in [0, 0.1) is 0 Å². The maximum absolute atomic E-state index is 9.43. The third-order valence-corrected chi connectivity index (χ3v) is 6.99. The summed E-state index contributed by atoms with van der Waals surface area (Å²) in [4.78, 5) is 28.2. The van der Waals surface area contributed by atoms with E-state index in [2.05, 4.69) is 41.0 Å². The molecule has 0 unspecified atom stereocenters.